The van der Waals surface area contributed by atoms with Crippen molar-refractivity contribution in [1.29, 1.82) is 0 Å². The van der Waals surface area contributed by atoms with Crippen molar-refractivity contribution < 1.29 is 14.4 Å². The Morgan fingerprint density at radius 2 is 1.11 bits per heavy atom. The SMILES string of the molecule is CCCC12CN(C(=O)CC(C)C)CC(CCC)(CN(C(=O)CC(C)C)C1)C2=O. The van der Waals surface area contributed by atoms with Crippen LogP contribution >= 0.6 is 0 Å². The minimum absolute atomic E-state index is 0.158. The van der Waals surface area contributed by atoms with Gasteiger partial charge in [0.1, 0.15) is 0 Å². The second kappa shape index (κ2) is 8.96. The molecular formula is C23H40N2O3. The maximum atomic E-state index is 13.7. The van der Waals surface area contributed by atoms with Gasteiger partial charge in [0.2, 0.25) is 11.8 Å². The molecule has 0 aromatic carbocycles. The van der Waals surface area contributed by atoms with Gasteiger partial charge in [0.25, 0.3) is 0 Å². The van der Waals surface area contributed by atoms with Crippen molar-refractivity contribution in [3.63, 3.8) is 0 Å². The van der Waals surface area contributed by atoms with Gasteiger partial charge in [0.15, 0.2) is 5.78 Å². The van der Waals surface area contributed by atoms with E-state index in [4.69, 9.17) is 0 Å². The predicted molar refractivity (Wildman–Crippen MR) is 112 cm³/mol. The van der Waals surface area contributed by atoms with E-state index in [9.17, 15) is 14.4 Å². The molecule has 2 saturated heterocycles. The molecule has 2 aliphatic rings. The fourth-order valence-electron chi connectivity index (χ4n) is 5.33. The van der Waals surface area contributed by atoms with Crippen LogP contribution in [0.3, 0.4) is 0 Å². The third-order valence-electron chi connectivity index (χ3n) is 6.27. The molecule has 5 nitrogen and oxygen atoms in total. The van der Waals surface area contributed by atoms with Crippen LogP contribution in [0.15, 0.2) is 0 Å². The van der Waals surface area contributed by atoms with Crippen molar-refractivity contribution >= 4 is 17.6 Å². The molecule has 2 rings (SSSR count). The molecule has 2 amide bonds. The largest absolute Gasteiger partial charge is 0.341 e. The molecule has 2 fully saturated rings. The molecule has 0 spiro atoms. The predicted octanol–water partition coefficient (Wildman–Crippen LogP) is 3.91. The average molecular weight is 393 g/mol. The Morgan fingerprint density at radius 1 is 0.786 bits per heavy atom. The summed E-state index contributed by atoms with van der Waals surface area (Å²) in [5, 5.41) is 0. The molecular weight excluding hydrogens is 352 g/mol. The van der Waals surface area contributed by atoms with E-state index < -0.39 is 10.8 Å². The van der Waals surface area contributed by atoms with Gasteiger partial charge in [0.05, 0.1) is 10.8 Å². The van der Waals surface area contributed by atoms with Crippen molar-refractivity contribution in [2.75, 3.05) is 26.2 Å². The maximum absolute atomic E-state index is 13.7. The minimum Gasteiger partial charge on any atom is -0.341 e. The second-order valence-corrected chi connectivity index (χ2v) is 10.1. The van der Waals surface area contributed by atoms with Gasteiger partial charge in [-0.1, -0.05) is 54.4 Å². The molecule has 0 aromatic heterocycles. The number of ketones is 1. The molecule has 0 radical (unpaired) electrons. The zero-order chi connectivity index (χ0) is 21.1. The van der Waals surface area contributed by atoms with Gasteiger partial charge in [-0.05, 0) is 24.7 Å². The monoisotopic (exact) mass is 392 g/mol. The number of likely N-dealkylation sites (tertiary alicyclic amines) is 2. The molecule has 2 heterocycles. The molecule has 2 aliphatic heterocycles. The van der Waals surface area contributed by atoms with Crippen LogP contribution in [0.25, 0.3) is 0 Å². The molecule has 0 aromatic rings. The molecule has 0 N–H and O–H groups in total. The standard InChI is InChI=1S/C23H40N2O3/c1-7-9-22-13-24(19(26)11-17(3)4)15-23(10-8-2,21(22)28)16-25(14-22)20(27)12-18(5)6/h17-18H,7-16H2,1-6H3. The molecule has 160 valence electrons. The summed E-state index contributed by atoms with van der Waals surface area (Å²) < 4.78 is 0. The molecule has 2 bridgehead atoms. The first-order chi connectivity index (χ1) is 13.1. The molecule has 0 aliphatic carbocycles. The smallest absolute Gasteiger partial charge is 0.222 e. The first-order valence-corrected chi connectivity index (χ1v) is 11.2. The Labute approximate surface area is 171 Å². The van der Waals surface area contributed by atoms with Crippen molar-refractivity contribution in [2.45, 2.75) is 80.1 Å². The van der Waals surface area contributed by atoms with Gasteiger partial charge in [-0.15, -0.1) is 0 Å². The lowest BCUT2D eigenvalue weighted by Crippen LogP contribution is -2.71. The van der Waals surface area contributed by atoms with E-state index in [2.05, 4.69) is 41.5 Å². The van der Waals surface area contributed by atoms with Crippen LogP contribution in [0.1, 0.15) is 80.1 Å². The van der Waals surface area contributed by atoms with Gasteiger partial charge < -0.3 is 9.80 Å². The number of fused-ring (bicyclic) bond motifs is 2. The highest BCUT2D eigenvalue weighted by Crippen LogP contribution is 2.48. The van der Waals surface area contributed by atoms with Crippen LogP contribution in [-0.4, -0.2) is 53.6 Å². The zero-order valence-electron chi connectivity index (χ0n) is 18.8. The van der Waals surface area contributed by atoms with Gasteiger partial charge >= 0.3 is 0 Å². The van der Waals surface area contributed by atoms with Crippen molar-refractivity contribution in [3.8, 4) is 0 Å². The quantitative estimate of drug-likeness (QED) is 0.629. The van der Waals surface area contributed by atoms with Crippen molar-refractivity contribution in [1.82, 2.24) is 9.80 Å². The molecule has 0 atom stereocenters. The van der Waals surface area contributed by atoms with E-state index in [-0.39, 0.29) is 11.8 Å². The highest BCUT2D eigenvalue weighted by atomic mass is 16.2. The lowest BCUT2D eigenvalue weighted by molar-refractivity contribution is -0.171. The first kappa shape index (κ1) is 22.9. The second-order valence-electron chi connectivity index (χ2n) is 10.1. The molecule has 5 heteroatoms. The van der Waals surface area contributed by atoms with Crippen LogP contribution in [-0.2, 0) is 14.4 Å². The van der Waals surface area contributed by atoms with Crippen LogP contribution in [0.5, 0.6) is 0 Å². The third-order valence-corrected chi connectivity index (χ3v) is 6.27. The maximum Gasteiger partial charge on any atom is 0.222 e. The summed E-state index contributed by atoms with van der Waals surface area (Å²) in [5.41, 5.74) is -1.20. The summed E-state index contributed by atoms with van der Waals surface area (Å²) in [6.07, 6.45) is 4.30. The Kier molecular flexibility index (Phi) is 7.33. The third kappa shape index (κ3) is 4.60. The molecule has 0 saturated carbocycles. The summed E-state index contributed by atoms with van der Waals surface area (Å²) >= 11 is 0. The topological polar surface area (TPSA) is 57.7 Å². The number of hydrogen-bond donors (Lipinski definition) is 0. The van der Waals surface area contributed by atoms with Crippen LogP contribution < -0.4 is 0 Å². The first-order valence-electron chi connectivity index (χ1n) is 11.2. The highest BCUT2D eigenvalue weighted by Gasteiger charge is 2.60. The lowest BCUT2D eigenvalue weighted by Gasteiger charge is -2.57. The average Bonchev–Trinajstić information content (AvgIpc) is 2.56. The van der Waals surface area contributed by atoms with E-state index in [0.29, 0.717) is 56.6 Å². The van der Waals surface area contributed by atoms with Crippen molar-refractivity contribution in [2.24, 2.45) is 22.7 Å². The van der Waals surface area contributed by atoms with Gasteiger partial charge in [0, 0.05) is 39.0 Å². The number of rotatable bonds is 8. The summed E-state index contributed by atoms with van der Waals surface area (Å²) in [4.78, 5) is 43.5. The van der Waals surface area contributed by atoms with Crippen LogP contribution in [0.4, 0.5) is 0 Å². The Hall–Kier alpha value is -1.39. The van der Waals surface area contributed by atoms with E-state index >= 15 is 0 Å². The van der Waals surface area contributed by atoms with Crippen LogP contribution in [0, 0.1) is 22.7 Å². The van der Waals surface area contributed by atoms with Gasteiger partial charge in [-0.25, -0.2) is 0 Å². The number of carbonyl (C=O) groups is 3. The Morgan fingerprint density at radius 3 is 1.36 bits per heavy atom. The number of piperidine rings is 2. The minimum atomic E-state index is -0.598. The summed E-state index contributed by atoms with van der Waals surface area (Å²) in [7, 11) is 0. The summed E-state index contributed by atoms with van der Waals surface area (Å²) in [5.74, 6) is 1.23. The van der Waals surface area contributed by atoms with Gasteiger partial charge in [-0.3, -0.25) is 14.4 Å². The van der Waals surface area contributed by atoms with E-state index in [1.807, 2.05) is 9.80 Å². The number of nitrogens with zero attached hydrogens (tertiary/aromatic N) is 2. The fourth-order valence-corrected chi connectivity index (χ4v) is 5.33. The Bertz CT molecular complexity index is 535. The lowest BCUT2D eigenvalue weighted by atomic mass is 9.59. The molecule has 28 heavy (non-hydrogen) atoms. The summed E-state index contributed by atoms with van der Waals surface area (Å²) in [6.45, 7) is 14.3. The molecule has 0 unspecified atom stereocenters. The van der Waals surface area contributed by atoms with E-state index in [1.54, 1.807) is 0 Å². The normalized spacial score (nSPS) is 27.6. The van der Waals surface area contributed by atoms with E-state index in [0.717, 1.165) is 25.7 Å². The van der Waals surface area contributed by atoms with Gasteiger partial charge in [-0.2, -0.15) is 0 Å². The van der Waals surface area contributed by atoms with Crippen molar-refractivity contribution in [3.05, 3.63) is 0 Å². The summed E-state index contributed by atoms with van der Waals surface area (Å²) in [6, 6.07) is 0. The highest BCUT2D eigenvalue weighted by molar-refractivity contribution is 5.96. The fraction of sp³-hybridized carbons (Fsp3) is 0.870. The number of hydrogen-bond acceptors (Lipinski definition) is 3. The Balaban J connectivity index is 2.41. The van der Waals surface area contributed by atoms with Crippen LogP contribution in [0.2, 0.25) is 0 Å². The number of amides is 2. The van der Waals surface area contributed by atoms with E-state index in [1.165, 1.54) is 0 Å². The number of carbonyl (C=O) groups excluding carboxylic acids is 3. The number of Topliss-reactive ketones (excluding diaryl/α,β-unsaturated/α-hetero) is 1. The zero-order valence-corrected chi connectivity index (χ0v) is 18.8.